The van der Waals surface area contributed by atoms with E-state index in [0.29, 0.717) is 19.0 Å². The van der Waals surface area contributed by atoms with Gasteiger partial charge in [0.25, 0.3) is 5.24 Å². The van der Waals surface area contributed by atoms with Crippen LogP contribution in [-0.2, 0) is 0 Å². The molecule has 0 aliphatic rings. The summed E-state index contributed by atoms with van der Waals surface area (Å²) in [6.45, 7) is 1.06. The summed E-state index contributed by atoms with van der Waals surface area (Å²) in [7, 11) is 0. The van der Waals surface area contributed by atoms with Gasteiger partial charge < -0.3 is 9.47 Å². The number of ether oxygens (including phenoxy) is 2. The molecule has 0 aromatic heterocycles. The van der Waals surface area contributed by atoms with Crippen LogP contribution < -0.4 is 9.47 Å². The molecule has 3 nitrogen and oxygen atoms in total. The highest BCUT2D eigenvalue weighted by Crippen LogP contribution is 2.19. The molecule has 5 heteroatoms. The predicted octanol–water partition coefficient (Wildman–Crippen LogP) is 4.44. The number of hydrogen-bond donors (Lipinski definition) is 0. The minimum Gasteiger partial charge on any atom is -0.494 e. The van der Waals surface area contributed by atoms with Gasteiger partial charge in [-0.25, -0.2) is 4.39 Å². The summed E-state index contributed by atoms with van der Waals surface area (Å²) in [5, 5.41) is -0.834. The Hall–Kier alpha value is -2.07. The molecule has 116 valence electrons. The Morgan fingerprint density at radius 2 is 1.59 bits per heavy atom. The first-order chi connectivity index (χ1) is 10.7. The van der Waals surface area contributed by atoms with Gasteiger partial charge in [-0.15, -0.1) is 0 Å². The SMILES string of the molecule is O=C(Cl)c1cc(OCCCCOc2ccccc2)ccc1F. The Labute approximate surface area is 133 Å². The van der Waals surface area contributed by atoms with Crippen molar-refractivity contribution in [2.24, 2.45) is 0 Å². The van der Waals surface area contributed by atoms with Crippen LogP contribution in [0.2, 0.25) is 0 Å². The first-order valence-corrected chi connectivity index (χ1v) is 7.34. The minimum atomic E-state index is -0.834. The number of benzene rings is 2. The zero-order chi connectivity index (χ0) is 15.8. The molecule has 0 aliphatic carbocycles. The second-order valence-electron chi connectivity index (χ2n) is 4.63. The second-order valence-corrected chi connectivity index (χ2v) is 4.98. The maximum absolute atomic E-state index is 13.3. The van der Waals surface area contributed by atoms with Crippen LogP contribution in [0, 0.1) is 5.82 Å². The van der Waals surface area contributed by atoms with Crippen molar-refractivity contribution in [3.05, 3.63) is 59.9 Å². The van der Waals surface area contributed by atoms with Crippen molar-refractivity contribution in [3.63, 3.8) is 0 Å². The fourth-order valence-corrected chi connectivity index (χ4v) is 1.99. The summed E-state index contributed by atoms with van der Waals surface area (Å²) in [6.07, 6.45) is 1.62. The van der Waals surface area contributed by atoms with E-state index in [4.69, 9.17) is 21.1 Å². The van der Waals surface area contributed by atoms with Crippen LogP contribution in [0.4, 0.5) is 4.39 Å². The van der Waals surface area contributed by atoms with E-state index in [2.05, 4.69) is 0 Å². The number of halogens is 2. The smallest absolute Gasteiger partial charge is 0.255 e. The maximum Gasteiger partial charge on any atom is 0.255 e. The summed E-state index contributed by atoms with van der Waals surface area (Å²) in [6, 6.07) is 13.5. The van der Waals surface area contributed by atoms with Crippen molar-refractivity contribution in [1.82, 2.24) is 0 Å². The normalized spacial score (nSPS) is 10.3. The van der Waals surface area contributed by atoms with Crippen LogP contribution in [0.15, 0.2) is 48.5 Å². The minimum absolute atomic E-state index is 0.174. The Morgan fingerprint density at radius 3 is 2.23 bits per heavy atom. The highest BCUT2D eigenvalue weighted by Gasteiger charge is 2.10. The van der Waals surface area contributed by atoms with Gasteiger partial charge in [-0.3, -0.25) is 4.79 Å². The Balaban J connectivity index is 1.68. The summed E-state index contributed by atoms with van der Waals surface area (Å²) >= 11 is 5.29. The van der Waals surface area contributed by atoms with Crippen molar-refractivity contribution in [2.75, 3.05) is 13.2 Å². The lowest BCUT2D eigenvalue weighted by Gasteiger charge is -2.08. The highest BCUT2D eigenvalue weighted by molar-refractivity contribution is 6.67. The molecule has 0 saturated carbocycles. The molecular weight excluding hydrogens is 307 g/mol. The third-order valence-electron chi connectivity index (χ3n) is 2.97. The van der Waals surface area contributed by atoms with Gasteiger partial charge in [0, 0.05) is 0 Å². The molecule has 0 unspecified atom stereocenters. The largest absolute Gasteiger partial charge is 0.494 e. The average Bonchev–Trinajstić information content (AvgIpc) is 2.53. The number of carbonyl (C=O) groups excluding carboxylic acids is 1. The maximum atomic E-state index is 13.3. The molecule has 0 saturated heterocycles. The van der Waals surface area contributed by atoms with Gasteiger partial charge in [0.2, 0.25) is 0 Å². The number of unbranched alkanes of at least 4 members (excludes halogenated alkanes) is 1. The molecule has 0 atom stereocenters. The van der Waals surface area contributed by atoms with Crippen LogP contribution in [-0.4, -0.2) is 18.5 Å². The molecule has 2 aromatic carbocycles. The summed E-state index contributed by atoms with van der Waals surface area (Å²) in [4.78, 5) is 11.0. The van der Waals surface area contributed by atoms with E-state index in [0.717, 1.165) is 18.6 Å². The molecule has 22 heavy (non-hydrogen) atoms. The quantitative estimate of drug-likeness (QED) is 0.532. The lowest BCUT2D eigenvalue weighted by atomic mass is 10.2. The molecule has 0 amide bonds. The van der Waals surface area contributed by atoms with Gasteiger partial charge in [0.15, 0.2) is 0 Å². The standard InChI is InChI=1S/C17H16ClFO3/c18-17(20)15-12-14(8-9-16(15)19)22-11-5-4-10-21-13-6-2-1-3-7-13/h1-3,6-9,12H,4-5,10-11H2. The molecule has 2 rings (SSSR count). The van der Waals surface area contributed by atoms with Gasteiger partial charge in [-0.2, -0.15) is 0 Å². The Kier molecular flexibility index (Phi) is 6.22. The Bertz CT molecular complexity index is 617. The highest BCUT2D eigenvalue weighted by atomic mass is 35.5. The van der Waals surface area contributed by atoms with Crippen molar-refractivity contribution < 1.29 is 18.7 Å². The molecule has 0 N–H and O–H groups in total. The fraction of sp³-hybridized carbons (Fsp3) is 0.235. The summed E-state index contributed by atoms with van der Waals surface area (Å²) < 4.78 is 24.3. The first kappa shape index (κ1) is 16.3. The summed E-state index contributed by atoms with van der Waals surface area (Å²) in [5.74, 6) is 0.616. The van der Waals surface area contributed by atoms with E-state index in [9.17, 15) is 9.18 Å². The van der Waals surface area contributed by atoms with Crippen molar-refractivity contribution in [3.8, 4) is 11.5 Å². The van der Waals surface area contributed by atoms with Crippen LogP contribution in [0.5, 0.6) is 11.5 Å². The predicted molar refractivity (Wildman–Crippen MR) is 83.2 cm³/mol. The van der Waals surface area contributed by atoms with E-state index in [1.54, 1.807) is 0 Å². The molecule has 2 aromatic rings. The van der Waals surface area contributed by atoms with Crippen LogP contribution in [0.1, 0.15) is 23.2 Å². The van der Waals surface area contributed by atoms with Gasteiger partial charge in [0.05, 0.1) is 18.8 Å². The lowest BCUT2D eigenvalue weighted by Crippen LogP contribution is -2.03. The fourth-order valence-electron chi connectivity index (χ4n) is 1.85. The van der Waals surface area contributed by atoms with Crippen LogP contribution in [0.3, 0.4) is 0 Å². The van der Waals surface area contributed by atoms with Crippen molar-refractivity contribution >= 4 is 16.8 Å². The van der Waals surface area contributed by atoms with Crippen LogP contribution in [0.25, 0.3) is 0 Å². The molecular formula is C17H16ClFO3. The van der Waals surface area contributed by atoms with Gasteiger partial charge >= 0.3 is 0 Å². The molecule has 0 heterocycles. The number of carbonyl (C=O) groups is 1. The third kappa shape index (κ3) is 5.04. The number of hydrogen-bond acceptors (Lipinski definition) is 3. The van der Waals surface area contributed by atoms with E-state index in [1.807, 2.05) is 30.3 Å². The zero-order valence-corrected chi connectivity index (χ0v) is 12.7. The second kappa shape index (κ2) is 8.39. The van der Waals surface area contributed by atoms with Crippen LogP contribution >= 0.6 is 11.6 Å². The number of rotatable bonds is 8. The Morgan fingerprint density at radius 1 is 0.955 bits per heavy atom. The molecule has 0 fully saturated rings. The van der Waals surface area contributed by atoms with E-state index >= 15 is 0 Å². The van der Waals surface area contributed by atoms with E-state index < -0.39 is 11.1 Å². The third-order valence-corrected chi connectivity index (χ3v) is 3.17. The van der Waals surface area contributed by atoms with Crippen molar-refractivity contribution in [2.45, 2.75) is 12.8 Å². The monoisotopic (exact) mass is 322 g/mol. The molecule has 0 bridgehead atoms. The van der Waals surface area contributed by atoms with Crippen molar-refractivity contribution in [1.29, 1.82) is 0 Å². The summed E-state index contributed by atoms with van der Waals surface area (Å²) in [5.41, 5.74) is -0.174. The molecule has 0 aliphatic heterocycles. The molecule has 0 radical (unpaired) electrons. The first-order valence-electron chi connectivity index (χ1n) is 6.97. The zero-order valence-electron chi connectivity index (χ0n) is 11.9. The lowest BCUT2D eigenvalue weighted by molar-refractivity contribution is 0.107. The van der Waals surface area contributed by atoms with Gasteiger partial charge in [0.1, 0.15) is 17.3 Å². The number of para-hydroxylation sites is 1. The van der Waals surface area contributed by atoms with E-state index in [-0.39, 0.29) is 5.56 Å². The van der Waals surface area contributed by atoms with E-state index in [1.165, 1.54) is 18.2 Å². The van der Waals surface area contributed by atoms with Gasteiger partial charge in [-0.1, -0.05) is 18.2 Å². The average molecular weight is 323 g/mol. The topological polar surface area (TPSA) is 35.5 Å². The van der Waals surface area contributed by atoms with Gasteiger partial charge in [-0.05, 0) is 54.8 Å². The molecule has 0 spiro atoms.